The highest BCUT2D eigenvalue weighted by molar-refractivity contribution is 6.30. The maximum absolute atomic E-state index is 11.3. The first-order valence-electron chi connectivity index (χ1n) is 5.78. The third kappa shape index (κ3) is 3.37. The minimum Gasteiger partial charge on any atom is -0.365 e. The topological polar surface area (TPSA) is 80.9 Å². The number of hydrogen-bond acceptors (Lipinski definition) is 4. The number of hydrogen-bond donors (Lipinski definition) is 2. The molecular weight excluding hydrogens is 299 g/mol. The number of benzene rings is 1. The largest absolute Gasteiger partial charge is 0.365 e. The van der Waals surface area contributed by atoms with Gasteiger partial charge in [0.15, 0.2) is 0 Å². The Balaban J connectivity index is 2.22. The Kier molecular flexibility index (Phi) is 4.42. The standard InChI is InChI=1S/C13H12Cl2N4O/c1-7-4-9(14)3-2-8(7)5-17-12-10(11(16)20)6-18-13(15)19-12/h2-4,6H,5H2,1H3,(H2,16,20)(H,17,18,19). The summed E-state index contributed by atoms with van der Waals surface area (Å²) in [5, 5.41) is 3.75. The molecule has 0 bridgehead atoms. The number of nitrogens with two attached hydrogens (primary N) is 1. The molecular formula is C13H12Cl2N4O. The van der Waals surface area contributed by atoms with E-state index in [1.165, 1.54) is 6.20 Å². The molecule has 7 heteroatoms. The van der Waals surface area contributed by atoms with E-state index in [0.29, 0.717) is 17.4 Å². The molecule has 0 spiro atoms. The van der Waals surface area contributed by atoms with Gasteiger partial charge in [0, 0.05) is 17.8 Å². The van der Waals surface area contributed by atoms with E-state index in [1.807, 2.05) is 19.1 Å². The molecule has 0 aliphatic rings. The monoisotopic (exact) mass is 310 g/mol. The van der Waals surface area contributed by atoms with Crippen LogP contribution in [0.3, 0.4) is 0 Å². The van der Waals surface area contributed by atoms with Crippen molar-refractivity contribution in [1.82, 2.24) is 9.97 Å². The van der Waals surface area contributed by atoms with Gasteiger partial charge in [0.2, 0.25) is 5.28 Å². The summed E-state index contributed by atoms with van der Waals surface area (Å²) in [4.78, 5) is 19.0. The molecule has 0 saturated carbocycles. The van der Waals surface area contributed by atoms with E-state index in [-0.39, 0.29) is 10.8 Å². The number of amides is 1. The Labute approximate surface area is 126 Å². The van der Waals surface area contributed by atoms with Crippen LogP contribution in [0.5, 0.6) is 0 Å². The van der Waals surface area contributed by atoms with Crippen LogP contribution >= 0.6 is 23.2 Å². The molecule has 3 N–H and O–H groups in total. The lowest BCUT2D eigenvalue weighted by Gasteiger charge is -2.11. The predicted octanol–water partition coefficient (Wildman–Crippen LogP) is 2.80. The van der Waals surface area contributed by atoms with Crippen LogP contribution in [0.15, 0.2) is 24.4 Å². The molecule has 0 atom stereocenters. The third-order valence-corrected chi connectivity index (χ3v) is 3.19. The highest BCUT2D eigenvalue weighted by Crippen LogP contribution is 2.18. The van der Waals surface area contributed by atoms with Crippen molar-refractivity contribution in [1.29, 1.82) is 0 Å². The Morgan fingerprint density at radius 3 is 2.80 bits per heavy atom. The summed E-state index contributed by atoms with van der Waals surface area (Å²) >= 11 is 11.6. The molecule has 1 amide bonds. The second-order valence-electron chi connectivity index (χ2n) is 4.19. The van der Waals surface area contributed by atoms with Gasteiger partial charge in [-0.1, -0.05) is 17.7 Å². The van der Waals surface area contributed by atoms with E-state index in [0.717, 1.165) is 11.1 Å². The van der Waals surface area contributed by atoms with Gasteiger partial charge in [0.05, 0.1) is 5.56 Å². The molecule has 2 aromatic rings. The normalized spacial score (nSPS) is 10.3. The van der Waals surface area contributed by atoms with Crippen molar-refractivity contribution in [2.75, 3.05) is 5.32 Å². The van der Waals surface area contributed by atoms with Crippen molar-refractivity contribution in [3.8, 4) is 0 Å². The van der Waals surface area contributed by atoms with Crippen molar-refractivity contribution < 1.29 is 4.79 Å². The zero-order valence-electron chi connectivity index (χ0n) is 10.7. The number of anilines is 1. The fraction of sp³-hybridized carbons (Fsp3) is 0.154. The molecule has 0 unspecified atom stereocenters. The number of primary amides is 1. The molecule has 0 aliphatic heterocycles. The summed E-state index contributed by atoms with van der Waals surface area (Å²) in [6.45, 7) is 2.42. The highest BCUT2D eigenvalue weighted by atomic mass is 35.5. The summed E-state index contributed by atoms with van der Waals surface area (Å²) < 4.78 is 0. The molecule has 2 rings (SSSR count). The number of nitrogens with one attached hydrogen (secondary N) is 1. The van der Waals surface area contributed by atoms with E-state index in [2.05, 4.69) is 15.3 Å². The van der Waals surface area contributed by atoms with Gasteiger partial charge >= 0.3 is 0 Å². The van der Waals surface area contributed by atoms with Crippen LogP contribution in [0.2, 0.25) is 10.3 Å². The van der Waals surface area contributed by atoms with E-state index < -0.39 is 5.91 Å². The average Bonchev–Trinajstić information content (AvgIpc) is 2.37. The molecule has 1 heterocycles. The molecule has 0 aliphatic carbocycles. The van der Waals surface area contributed by atoms with Crippen molar-refractivity contribution in [2.24, 2.45) is 5.73 Å². The summed E-state index contributed by atoms with van der Waals surface area (Å²) in [5.74, 6) is -0.302. The van der Waals surface area contributed by atoms with Crippen molar-refractivity contribution in [2.45, 2.75) is 13.5 Å². The molecule has 1 aromatic heterocycles. The minimum absolute atomic E-state index is 0.0466. The van der Waals surface area contributed by atoms with Crippen LogP contribution in [0, 0.1) is 6.92 Å². The zero-order chi connectivity index (χ0) is 14.7. The van der Waals surface area contributed by atoms with Gasteiger partial charge in [0.25, 0.3) is 5.91 Å². The Morgan fingerprint density at radius 2 is 2.15 bits per heavy atom. The predicted molar refractivity (Wildman–Crippen MR) is 79.1 cm³/mol. The minimum atomic E-state index is -0.614. The fourth-order valence-corrected chi connectivity index (χ4v) is 2.07. The molecule has 0 saturated heterocycles. The lowest BCUT2D eigenvalue weighted by molar-refractivity contribution is 0.100. The molecule has 5 nitrogen and oxygen atoms in total. The molecule has 104 valence electrons. The molecule has 0 fully saturated rings. The first-order valence-corrected chi connectivity index (χ1v) is 6.54. The second kappa shape index (κ2) is 6.07. The molecule has 20 heavy (non-hydrogen) atoms. The smallest absolute Gasteiger partial charge is 0.254 e. The number of carbonyl (C=O) groups is 1. The van der Waals surface area contributed by atoms with Gasteiger partial charge < -0.3 is 11.1 Å². The Hall–Kier alpha value is -1.85. The first kappa shape index (κ1) is 14.6. The SMILES string of the molecule is Cc1cc(Cl)ccc1CNc1nc(Cl)ncc1C(N)=O. The lowest BCUT2D eigenvalue weighted by Crippen LogP contribution is -2.16. The summed E-state index contributed by atoms with van der Waals surface area (Å²) in [7, 11) is 0. The number of aromatic nitrogens is 2. The molecule has 0 radical (unpaired) electrons. The maximum atomic E-state index is 11.3. The van der Waals surface area contributed by atoms with Crippen molar-refractivity contribution in [3.63, 3.8) is 0 Å². The van der Waals surface area contributed by atoms with Gasteiger partial charge in [-0.05, 0) is 41.8 Å². The lowest BCUT2D eigenvalue weighted by atomic mass is 10.1. The average molecular weight is 311 g/mol. The van der Waals surface area contributed by atoms with Gasteiger partial charge in [-0.2, -0.15) is 4.98 Å². The first-order chi connectivity index (χ1) is 9.47. The quantitative estimate of drug-likeness (QED) is 0.851. The van der Waals surface area contributed by atoms with Crippen LogP contribution < -0.4 is 11.1 Å². The number of rotatable bonds is 4. The van der Waals surface area contributed by atoms with Crippen LogP contribution in [0.1, 0.15) is 21.5 Å². The van der Waals surface area contributed by atoms with Gasteiger partial charge in [0.1, 0.15) is 5.82 Å². The fourth-order valence-electron chi connectivity index (χ4n) is 1.71. The van der Waals surface area contributed by atoms with Crippen LogP contribution in [0.25, 0.3) is 0 Å². The summed E-state index contributed by atoms with van der Waals surface area (Å²) in [6.07, 6.45) is 1.30. The Morgan fingerprint density at radius 1 is 1.40 bits per heavy atom. The summed E-state index contributed by atoms with van der Waals surface area (Å²) in [5.41, 5.74) is 7.52. The van der Waals surface area contributed by atoms with Crippen molar-refractivity contribution in [3.05, 3.63) is 51.4 Å². The van der Waals surface area contributed by atoms with Crippen molar-refractivity contribution >= 4 is 34.9 Å². The van der Waals surface area contributed by atoms with Gasteiger partial charge in [-0.15, -0.1) is 0 Å². The van der Waals surface area contributed by atoms with E-state index in [4.69, 9.17) is 28.9 Å². The second-order valence-corrected chi connectivity index (χ2v) is 4.96. The van der Waals surface area contributed by atoms with Crippen LogP contribution in [0.4, 0.5) is 5.82 Å². The van der Waals surface area contributed by atoms with E-state index in [9.17, 15) is 4.79 Å². The molecule has 1 aromatic carbocycles. The number of aryl methyl sites for hydroxylation is 1. The van der Waals surface area contributed by atoms with Crippen LogP contribution in [-0.2, 0) is 6.54 Å². The van der Waals surface area contributed by atoms with Gasteiger partial charge in [-0.25, -0.2) is 4.98 Å². The maximum Gasteiger partial charge on any atom is 0.254 e. The van der Waals surface area contributed by atoms with E-state index in [1.54, 1.807) is 6.07 Å². The Bertz CT molecular complexity index is 661. The zero-order valence-corrected chi connectivity index (χ0v) is 12.2. The number of carbonyl (C=O) groups excluding carboxylic acids is 1. The number of halogens is 2. The van der Waals surface area contributed by atoms with E-state index >= 15 is 0 Å². The number of nitrogens with zero attached hydrogens (tertiary/aromatic N) is 2. The highest BCUT2D eigenvalue weighted by Gasteiger charge is 2.11. The summed E-state index contributed by atoms with van der Waals surface area (Å²) in [6, 6.07) is 5.56. The van der Waals surface area contributed by atoms with Gasteiger partial charge in [-0.3, -0.25) is 4.79 Å². The van der Waals surface area contributed by atoms with Crippen LogP contribution in [-0.4, -0.2) is 15.9 Å². The third-order valence-electron chi connectivity index (χ3n) is 2.78.